The Hall–Kier alpha value is -1.13. The summed E-state index contributed by atoms with van der Waals surface area (Å²) in [5.74, 6) is -0.357. The Bertz CT molecular complexity index is 423. The first kappa shape index (κ1) is 14.9. The molecule has 1 unspecified atom stereocenters. The van der Waals surface area contributed by atoms with Crippen LogP contribution in [0.1, 0.15) is 24.9 Å². The predicted octanol–water partition coefficient (Wildman–Crippen LogP) is 2.61. The van der Waals surface area contributed by atoms with Crippen LogP contribution in [0.2, 0.25) is 5.02 Å². The standard InChI is InChI=1S/C13H18ClFN2O/c1-9(16-7-6-13(18)17(2)3)10-4-5-11(14)12(15)8-10/h4-5,8-9,16H,6-7H2,1-3H3. The van der Waals surface area contributed by atoms with Crippen molar-refractivity contribution in [1.82, 2.24) is 10.2 Å². The first-order chi connectivity index (χ1) is 8.41. The lowest BCUT2D eigenvalue weighted by Gasteiger charge is -2.15. The first-order valence-electron chi connectivity index (χ1n) is 5.80. The normalized spacial score (nSPS) is 12.3. The van der Waals surface area contributed by atoms with Gasteiger partial charge in [0.25, 0.3) is 0 Å². The summed E-state index contributed by atoms with van der Waals surface area (Å²) in [6.45, 7) is 2.48. The van der Waals surface area contributed by atoms with E-state index in [4.69, 9.17) is 11.6 Å². The summed E-state index contributed by atoms with van der Waals surface area (Å²) in [4.78, 5) is 12.9. The minimum atomic E-state index is -0.424. The molecule has 0 saturated carbocycles. The van der Waals surface area contributed by atoms with Crippen LogP contribution in [0.4, 0.5) is 4.39 Å². The number of carbonyl (C=O) groups excluding carboxylic acids is 1. The Balaban J connectivity index is 2.48. The van der Waals surface area contributed by atoms with Crippen LogP contribution in [0.5, 0.6) is 0 Å². The molecule has 0 aliphatic carbocycles. The summed E-state index contributed by atoms with van der Waals surface area (Å²) in [7, 11) is 3.45. The third-order valence-corrected chi connectivity index (χ3v) is 3.04. The van der Waals surface area contributed by atoms with Gasteiger partial charge in [-0.3, -0.25) is 4.79 Å². The summed E-state index contributed by atoms with van der Waals surface area (Å²) >= 11 is 5.62. The van der Waals surface area contributed by atoms with E-state index in [1.54, 1.807) is 25.1 Å². The number of carbonyl (C=O) groups is 1. The average Bonchev–Trinajstić information content (AvgIpc) is 2.32. The van der Waals surface area contributed by atoms with Crippen LogP contribution in [0.15, 0.2) is 18.2 Å². The van der Waals surface area contributed by atoms with Crippen LogP contribution < -0.4 is 5.32 Å². The highest BCUT2D eigenvalue weighted by Gasteiger charge is 2.09. The van der Waals surface area contributed by atoms with Crippen LogP contribution in [0, 0.1) is 5.82 Å². The maximum absolute atomic E-state index is 13.3. The molecule has 0 aliphatic heterocycles. The molecule has 0 bridgehead atoms. The van der Waals surface area contributed by atoms with Gasteiger partial charge in [0.15, 0.2) is 0 Å². The quantitative estimate of drug-likeness (QED) is 0.894. The second-order valence-electron chi connectivity index (χ2n) is 4.39. The number of hydrogen-bond donors (Lipinski definition) is 1. The van der Waals surface area contributed by atoms with E-state index in [1.807, 2.05) is 6.92 Å². The van der Waals surface area contributed by atoms with Crippen LogP contribution in [0.3, 0.4) is 0 Å². The maximum Gasteiger partial charge on any atom is 0.223 e. The van der Waals surface area contributed by atoms with Gasteiger partial charge in [0.05, 0.1) is 5.02 Å². The van der Waals surface area contributed by atoms with Crippen molar-refractivity contribution < 1.29 is 9.18 Å². The monoisotopic (exact) mass is 272 g/mol. The average molecular weight is 273 g/mol. The first-order valence-corrected chi connectivity index (χ1v) is 6.18. The molecular formula is C13H18ClFN2O. The fourth-order valence-electron chi connectivity index (χ4n) is 1.52. The summed E-state index contributed by atoms with van der Waals surface area (Å²) in [5.41, 5.74) is 0.814. The molecule has 0 fully saturated rings. The van der Waals surface area contributed by atoms with Gasteiger partial charge in [0.2, 0.25) is 5.91 Å². The van der Waals surface area contributed by atoms with Gasteiger partial charge < -0.3 is 10.2 Å². The van der Waals surface area contributed by atoms with Crippen LogP contribution in [-0.2, 0) is 4.79 Å². The third kappa shape index (κ3) is 4.27. The molecule has 1 amide bonds. The van der Waals surface area contributed by atoms with Crippen LogP contribution >= 0.6 is 11.6 Å². The van der Waals surface area contributed by atoms with Gasteiger partial charge in [0.1, 0.15) is 5.82 Å². The number of benzene rings is 1. The van der Waals surface area contributed by atoms with Gasteiger partial charge in [-0.1, -0.05) is 17.7 Å². The molecule has 0 aliphatic rings. The minimum Gasteiger partial charge on any atom is -0.349 e. The van der Waals surface area contributed by atoms with Gasteiger partial charge in [-0.15, -0.1) is 0 Å². The number of nitrogens with zero attached hydrogens (tertiary/aromatic N) is 1. The largest absolute Gasteiger partial charge is 0.349 e. The molecule has 1 aromatic rings. The maximum atomic E-state index is 13.3. The van der Waals surface area contributed by atoms with Crippen LogP contribution in [-0.4, -0.2) is 31.4 Å². The Labute approximate surface area is 112 Å². The van der Waals surface area contributed by atoms with Crippen molar-refractivity contribution >= 4 is 17.5 Å². The Morgan fingerprint density at radius 3 is 2.72 bits per heavy atom. The Morgan fingerprint density at radius 1 is 1.50 bits per heavy atom. The number of amides is 1. The topological polar surface area (TPSA) is 32.3 Å². The minimum absolute atomic E-state index is 0.0215. The van der Waals surface area contributed by atoms with Gasteiger partial charge in [-0.25, -0.2) is 4.39 Å². The van der Waals surface area contributed by atoms with E-state index in [0.717, 1.165) is 5.56 Å². The fraction of sp³-hybridized carbons (Fsp3) is 0.462. The number of rotatable bonds is 5. The SMILES string of the molecule is CC(NCCC(=O)N(C)C)c1ccc(Cl)c(F)c1. The van der Waals surface area contributed by atoms with E-state index in [2.05, 4.69) is 5.32 Å². The summed E-state index contributed by atoms with van der Waals surface area (Å²) < 4.78 is 13.3. The van der Waals surface area contributed by atoms with Gasteiger partial charge >= 0.3 is 0 Å². The lowest BCUT2D eigenvalue weighted by atomic mass is 10.1. The smallest absolute Gasteiger partial charge is 0.223 e. The lowest BCUT2D eigenvalue weighted by molar-refractivity contribution is -0.128. The van der Waals surface area contributed by atoms with Crippen LogP contribution in [0.25, 0.3) is 0 Å². The van der Waals surface area contributed by atoms with Crippen molar-refractivity contribution in [3.63, 3.8) is 0 Å². The molecule has 0 aromatic heterocycles. The van der Waals surface area contributed by atoms with Crippen molar-refractivity contribution in [3.05, 3.63) is 34.6 Å². The summed E-state index contributed by atoms with van der Waals surface area (Å²) in [5, 5.41) is 3.29. The highest BCUT2D eigenvalue weighted by Crippen LogP contribution is 2.19. The molecule has 18 heavy (non-hydrogen) atoms. The van der Waals surface area contributed by atoms with Gasteiger partial charge in [-0.05, 0) is 24.6 Å². The lowest BCUT2D eigenvalue weighted by Crippen LogP contribution is -2.28. The molecule has 100 valence electrons. The van der Waals surface area contributed by atoms with E-state index >= 15 is 0 Å². The molecule has 1 atom stereocenters. The molecule has 0 radical (unpaired) electrons. The van der Waals surface area contributed by atoms with Crippen molar-refractivity contribution in [1.29, 1.82) is 0 Å². The molecule has 0 heterocycles. The zero-order chi connectivity index (χ0) is 13.7. The van der Waals surface area contributed by atoms with Crippen molar-refractivity contribution in [2.45, 2.75) is 19.4 Å². The third-order valence-electron chi connectivity index (χ3n) is 2.73. The zero-order valence-corrected chi connectivity index (χ0v) is 11.6. The van der Waals surface area contributed by atoms with E-state index in [1.165, 1.54) is 12.1 Å². The summed E-state index contributed by atoms with van der Waals surface area (Å²) in [6.07, 6.45) is 0.424. The molecule has 3 nitrogen and oxygen atoms in total. The predicted molar refractivity (Wildman–Crippen MR) is 71.1 cm³/mol. The molecule has 0 saturated heterocycles. The molecule has 0 spiro atoms. The Kier molecular flexibility index (Phi) is 5.56. The van der Waals surface area contributed by atoms with Crippen molar-refractivity contribution in [2.24, 2.45) is 0 Å². The van der Waals surface area contributed by atoms with E-state index in [9.17, 15) is 9.18 Å². The van der Waals surface area contributed by atoms with Crippen molar-refractivity contribution in [3.8, 4) is 0 Å². The van der Waals surface area contributed by atoms with E-state index < -0.39 is 5.82 Å². The van der Waals surface area contributed by atoms with Crippen molar-refractivity contribution in [2.75, 3.05) is 20.6 Å². The molecular weight excluding hydrogens is 255 g/mol. The highest BCUT2D eigenvalue weighted by molar-refractivity contribution is 6.30. The van der Waals surface area contributed by atoms with E-state index in [0.29, 0.717) is 13.0 Å². The second-order valence-corrected chi connectivity index (χ2v) is 4.79. The molecule has 1 rings (SSSR count). The fourth-order valence-corrected chi connectivity index (χ4v) is 1.64. The zero-order valence-electron chi connectivity index (χ0n) is 10.8. The molecule has 1 aromatic carbocycles. The molecule has 5 heteroatoms. The van der Waals surface area contributed by atoms with Gasteiger partial charge in [0, 0.05) is 33.1 Å². The van der Waals surface area contributed by atoms with Gasteiger partial charge in [-0.2, -0.15) is 0 Å². The second kappa shape index (κ2) is 6.71. The molecule has 1 N–H and O–H groups in total. The highest BCUT2D eigenvalue weighted by atomic mass is 35.5. The van der Waals surface area contributed by atoms with E-state index in [-0.39, 0.29) is 17.0 Å². The number of halogens is 2. The Morgan fingerprint density at radius 2 is 2.17 bits per heavy atom. The number of hydrogen-bond acceptors (Lipinski definition) is 2. The number of nitrogens with one attached hydrogen (secondary N) is 1. The summed E-state index contributed by atoms with van der Waals surface area (Å²) in [6, 6.07) is 4.70.